The molecule has 0 bridgehead atoms. The van der Waals surface area contributed by atoms with Gasteiger partial charge in [0.05, 0.1) is 31.8 Å². The number of Topliss-reactive ketones (excluding diaryl/α,β-unsaturated/α-hetero) is 1. The van der Waals surface area contributed by atoms with Gasteiger partial charge in [0, 0.05) is 24.2 Å². The van der Waals surface area contributed by atoms with Gasteiger partial charge in [-0.1, -0.05) is 64.6 Å². The third-order valence-corrected chi connectivity index (χ3v) is 5.54. The Labute approximate surface area is 177 Å². The minimum Gasteiger partial charge on any atom is -0.370 e. The van der Waals surface area contributed by atoms with Crippen LogP contribution in [-0.4, -0.2) is 18.9 Å². The highest BCUT2D eigenvalue weighted by atomic mass is 35.5. The molecule has 0 aliphatic carbocycles. The van der Waals surface area contributed by atoms with Crippen LogP contribution in [0.1, 0.15) is 32.6 Å². The summed E-state index contributed by atoms with van der Waals surface area (Å²) >= 11 is 18.9. The Morgan fingerprint density at radius 1 is 0.929 bits per heavy atom. The molecule has 0 atom stereocenters. The summed E-state index contributed by atoms with van der Waals surface area (Å²) in [6, 6.07) is 10.8. The van der Waals surface area contributed by atoms with E-state index in [1.54, 1.807) is 12.1 Å². The molecule has 0 spiro atoms. The van der Waals surface area contributed by atoms with Gasteiger partial charge in [-0.25, -0.2) is 0 Å². The molecule has 2 aromatic carbocycles. The molecule has 3 rings (SSSR count). The van der Waals surface area contributed by atoms with E-state index in [0.717, 1.165) is 5.56 Å². The highest BCUT2D eigenvalue weighted by Gasteiger charge is 2.30. The van der Waals surface area contributed by atoms with E-state index in [1.165, 1.54) is 0 Å². The average molecular weight is 432 g/mol. The van der Waals surface area contributed by atoms with E-state index in [4.69, 9.17) is 34.8 Å². The van der Waals surface area contributed by atoms with E-state index >= 15 is 0 Å². The fourth-order valence-electron chi connectivity index (χ4n) is 2.91. The number of carbonyl (C=O) groups is 1. The van der Waals surface area contributed by atoms with Crippen LogP contribution in [-0.2, 0) is 0 Å². The first kappa shape index (κ1) is 20.0. The molecule has 0 radical (unpaired) electrons. The zero-order valence-corrected chi connectivity index (χ0v) is 16.9. The van der Waals surface area contributed by atoms with Gasteiger partial charge in [0.25, 0.3) is 0 Å². The summed E-state index contributed by atoms with van der Waals surface area (Å²) in [5.74, 6) is 0.0768. The van der Waals surface area contributed by atoms with Crippen molar-refractivity contribution in [3.8, 4) is 12.1 Å². The summed E-state index contributed by atoms with van der Waals surface area (Å²) in [4.78, 5) is 13.4. The SMILES string of the molecule is Cc1ccc(C(=O)C(=C2NCCN2)c2c(Cl)c(Cl)c(C#N)c(Cl)c2C#N)cc1. The van der Waals surface area contributed by atoms with Crippen molar-refractivity contribution >= 4 is 46.2 Å². The lowest BCUT2D eigenvalue weighted by Gasteiger charge is -2.17. The number of ketones is 1. The van der Waals surface area contributed by atoms with Crippen LogP contribution in [0.5, 0.6) is 0 Å². The highest BCUT2D eigenvalue weighted by Crippen LogP contribution is 2.42. The molecule has 1 fully saturated rings. The lowest BCUT2D eigenvalue weighted by Crippen LogP contribution is -2.19. The van der Waals surface area contributed by atoms with Crippen LogP contribution in [0.25, 0.3) is 5.57 Å². The van der Waals surface area contributed by atoms with Crippen molar-refractivity contribution in [3.05, 3.63) is 73.0 Å². The maximum Gasteiger partial charge on any atom is 0.197 e. The third-order valence-electron chi connectivity index (χ3n) is 4.31. The molecule has 5 nitrogen and oxygen atoms in total. The van der Waals surface area contributed by atoms with Crippen molar-refractivity contribution < 1.29 is 4.79 Å². The van der Waals surface area contributed by atoms with Crippen LogP contribution in [0.15, 0.2) is 30.1 Å². The number of benzene rings is 2. The zero-order chi connectivity index (χ0) is 20.4. The Morgan fingerprint density at radius 2 is 1.50 bits per heavy atom. The Morgan fingerprint density at radius 3 is 2.04 bits per heavy atom. The number of nitrogens with zero attached hydrogens (tertiary/aromatic N) is 2. The third kappa shape index (κ3) is 3.41. The molecule has 1 saturated heterocycles. The quantitative estimate of drug-likeness (QED) is 0.426. The summed E-state index contributed by atoms with van der Waals surface area (Å²) < 4.78 is 0. The molecule has 2 aromatic rings. The number of nitriles is 2. The lowest BCUT2D eigenvalue weighted by atomic mass is 9.91. The van der Waals surface area contributed by atoms with Crippen LogP contribution in [0.4, 0.5) is 0 Å². The van der Waals surface area contributed by atoms with Crippen molar-refractivity contribution in [3.63, 3.8) is 0 Å². The molecule has 1 heterocycles. The Kier molecular flexibility index (Phi) is 5.82. The molecule has 0 unspecified atom stereocenters. The molecule has 1 aliphatic rings. The number of hydrogen-bond donors (Lipinski definition) is 2. The van der Waals surface area contributed by atoms with Crippen molar-refractivity contribution in [1.29, 1.82) is 10.5 Å². The van der Waals surface area contributed by atoms with Crippen molar-refractivity contribution in [2.45, 2.75) is 6.92 Å². The van der Waals surface area contributed by atoms with Gasteiger partial charge < -0.3 is 10.6 Å². The lowest BCUT2D eigenvalue weighted by molar-refractivity contribution is 0.105. The fraction of sp³-hybridized carbons (Fsp3) is 0.150. The van der Waals surface area contributed by atoms with E-state index in [1.807, 2.05) is 31.2 Å². The first-order valence-corrected chi connectivity index (χ1v) is 9.38. The molecular formula is C20H13Cl3N4O. The zero-order valence-electron chi connectivity index (χ0n) is 14.7. The number of halogens is 3. The summed E-state index contributed by atoms with van der Waals surface area (Å²) in [5.41, 5.74) is 1.49. The second-order valence-electron chi connectivity index (χ2n) is 6.09. The first-order chi connectivity index (χ1) is 13.4. The van der Waals surface area contributed by atoms with E-state index in [-0.39, 0.29) is 43.1 Å². The van der Waals surface area contributed by atoms with Gasteiger partial charge >= 0.3 is 0 Å². The van der Waals surface area contributed by atoms with Crippen LogP contribution in [0, 0.1) is 29.6 Å². The summed E-state index contributed by atoms with van der Waals surface area (Å²) in [5, 5.41) is 24.9. The average Bonchev–Trinajstić information content (AvgIpc) is 3.21. The standard InChI is InChI=1S/C20H13Cl3N4O/c1-10-2-4-11(5-3-10)19(28)15(20-26-6-7-27-20)14-12(8-24)16(21)13(9-25)17(22)18(14)23/h2-5,26-27H,6-7H2,1H3. The number of aryl methyl sites for hydroxylation is 1. The van der Waals surface area contributed by atoms with Gasteiger partial charge in [-0.2, -0.15) is 10.5 Å². The van der Waals surface area contributed by atoms with Crippen molar-refractivity contribution in [2.24, 2.45) is 0 Å². The van der Waals surface area contributed by atoms with Gasteiger partial charge in [-0.15, -0.1) is 0 Å². The van der Waals surface area contributed by atoms with Crippen molar-refractivity contribution in [2.75, 3.05) is 13.1 Å². The maximum atomic E-state index is 13.4. The number of nitrogens with one attached hydrogen (secondary N) is 2. The van der Waals surface area contributed by atoms with E-state index in [2.05, 4.69) is 10.6 Å². The molecule has 2 N–H and O–H groups in total. The molecule has 0 amide bonds. The summed E-state index contributed by atoms with van der Waals surface area (Å²) in [6.07, 6.45) is 0. The van der Waals surface area contributed by atoms with Gasteiger partial charge in [0.1, 0.15) is 18.0 Å². The second-order valence-corrected chi connectivity index (χ2v) is 7.22. The Hall–Kier alpha value is -2.70. The second kappa shape index (κ2) is 8.12. The molecule has 8 heteroatoms. The van der Waals surface area contributed by atoms with Gasteiger partial charge in [0.2, 0.25) is 0 Å². The van der Waals surface area contributed by atoms with Gasteiger partial charge in [-0.05, 0) is 6.92 Å². The molecule has 0 saturated carbocycles. The number of hydrogen-bond acceptors (Lipinski definition) is 5. The van der Waals surface area contributed by atoms with Gasteiger partial charge in [-0.3, -0.25) is 4.79 Å². The summed E-state index contributed by atoms with van der Waals surface area (Å²) in [6.45, 7) is 3.10. The largest absolute Gasteiger partial charge is 0.370 e. The number of carbonyl (C=O) groups excluding carboxylic acids is 1. The van der Waals surface area contributed by atoms with Gasteiger partial charge in [0.15, 0.2) is 5.78 Å². The predicted octanol–water partition coefficient (Wildman–Crippen LogP) is 4.44. The van der Waals surface area contributed by atoms with E-state index in [9.17, 15) is 15.3 Å². The molecule has 1 aliphatic heterocycles. The number of allylic oxidation sites excluding steroid dienone is 1. The topological polar surface area (TPSA) is 88.7 Å². The van der Waals surface area contributed by atoms with Crippen LogP contribution >= 0.6 is 34.8 Å². The minimum absolute atomic E-state index is 0.0716. The molecule has 140 valence electrons. The number of rotatable bonds is 3. The fourth-order valence-corrected chi connectivity index (χ4v) is 3.75. The Bertz CT molecular complexity index is 1080. The highest BCUT2D eigenvalue weighted by molar-refractivity contribution is 6.47. The molecule has 28 heavy (non-hydrogen) atoms. The predicted molar refractivity (Wildman–Crippen MR) is 109 cm³/mol. The molecular weight excluding hydrogens is 419 g/mol. The normalized spacial score (nSPS) is 12.6. The first-order valence-electron chi connectivity index (χ1n) is 8.25. The molecule has 0 aromatic heterocycles. The monoisotopic (exact) mass is 430 g/mol. The maximum absolute atomic E-state index is 13.4. The van der Waals surface area contributed by atoms with E-state index in [0.29, 0.717) is 24.5 Å². The van der Waals surface area contributed by atoms with Crippen LogP contribution < -0.4 is 10.6 Å². The van der Waals surface area contributed by atoms with E-state index < -0.39 is 0 Å². The summed E-state index contributed by atoms with van der Waals surface area (Å²) in [7, 11) is 0. The Balaban J connectivity index is 2.35. The smallest absolute Gasteiger partial charge is 0.197 e. The van der Waals surface area contributed by atoms with Crippen molar-refractivity contribution in [1.82, 2.24) is 10.6 Å². The minimum atomic E-state index is -0.354. The van der Waals surface area contributed by atoms with Crippen LogP contribution in [0.2, 0.25) is 15.1 Å². The van der Waals surface area contributed by atoms with Crippen LogP contribution in [0.3, 0.4) is 0 Å².